The van der Waals surface area contributed by atoms with E-state index in [1.54, 1.807) is 0 Å². The molecule has 0 bridgehead atoms. The Kier molecular flexibility index (Phi) is 4.34. The topological polar surface area (TPSA) is 105 Å². The predicted octanol–water partition coefficient (Wildman–Crippen LogP) is 2.73. The highest BCUT2D eigenvalue weighted by molar-refractivity contribution is 6.05. The summed E-state index contributed by atoms with van der Waals surface area (Å²) in [6.07, 6.45) is 0. The van der Waals surface area contributed by atoms with Gasteiger partial charge in [-0.05, 0) is 36.4 Å². The Morgan fingerprint density at radius 3 is 2.50 bits per heavy atom. The van der Waals surface area contributed by atoms with Crippen LogP contribution in [0.5, 0.6) is 5.75 Å². The summed E-state index contributed by atoms with van der Waals surface area (Å²) in [5.41, 5.74) is 0.526. The Hall–Kier alpha value is -3.40. The van der Waals surface area contributed by atoms with Crippen molar-refractivity contribution in [2.75, 3.05) is 12.4 Å². The maximum Gasteiger partial charge on any atom is 0.296 e. The number of methoxy groups -OCH3 is 1. The van der Waals surface area contributed by atoms with Gasteiger partial charge in [-0.25, -0.2) is 0 Å². The van der Waals surface area contributed by atoms with Crippen LogP contribution < -0.4 is 10.1 Å². The van der Waals surface area contributed by atoms with Gasteiger partial charge >= 0.3 is 0 Å². The molecule has 0 heterocycles. The summed E-state index contributed by atoms with van der Waals surface area (Å²) in [4.78, 5) is 22.5. The van der Waals surface area contributed by atoms with Gasteiger partial charge in [-0.1, -0.05) is 0 Å². The first-order valence-corrected chi connectivity index (χ1v) is 6.19. The molecule has 0 saturated carbocycles. The van der Waals surface area contributed by atoms with E-state index >= 15 is 0 Å². The number of rotatable bonds is 4. The van der Waals surface area contributed by atoms with E-state index in [9.17, 15) is 14.9 Å². The Morgan fingerprint density at radius 2 is 1.95 bits per heavy atom. The Morgan fingerprint density at radius 1 is 1.27 bits per heavy atom. The van der Waals surface area contributed by atoms with Crippen LogP contribution in [0.15, 0.2) is 42.5 Å². The number of amides is 1. The highest BCUT2D eigenvalue weighted by atomic mass is 16.6. The summed E-state index contributed by atoms with van der Waals surface area (Å²) in [7, 11) is 1.40. The second-order valence-corrected chi connectivity index (χ2v) is 4.28. The number of hydrogen-bond acceptors (Lipinski definition) is 5. The maximum absolute atomic E-state index is 12.1. The molecular weight excluding hydrogens is 286 g/mol. The van der Waals surface area contributed by atoms with Crippen LogP contribution in [0.2, 0.25) is 0 Å². The fourth-order valence-corrected chi connectivity index (χ4v) is 1.79. The van der Waals surface area contributed by atoms with Crippen LogP contribution >= 0.6 is 0 Å². The molecule has 0 atom stereocenters. The van der Waals surface area contributed by atoms with Gasteiger partial charge in [-0.2, -0.15) is 5.26 Å². The number of nitrogens with one attached hydrogen (secondary N) is 1. The molecule has 2 rings (SSSR count). The van der Waals surface area contributed by atoms with E-state index in [2.05, 4.69) is 5.32 Å². The lowest BCUT2D eigenvalue weighted by atomic mass is 10.1. The molecule has 2 aromatic rings. The van der Waals surface area contributed by atoms with Crippen LogP contribution in [0, 0.1) is 21.4 Å². The van der Waals surface area contributed by atoms with Crippen molar-refractivity contribution in [3.63, 3.8) is 0 Å². The lowest BCUT2D eigenvalue weighted by Gasteiger charge is -2.07. The van der Waals surface area contributed by atoms with Gasteiger partial charge in [0.15, 0.2) is 0 Å². The van der Waals surface area contributed by atoms with E-state index in [-0.39, 0.29) is 11.4 Å². The number of nitriles is 1. The SMILES string of the molecule is COc1ccc(NC(=O)c2ccc(C#N)cc2)c([N+](=O)[O-])c1. The molecule has 0 aliphatic carbocycles. The standard InChI is InChI=1S/C15H11N3O4/c1-22-12-6-7-13(14(8-12)18(20)21)17-15(19)11-4-2-10(9-16)3-5-11/h2-8H,1H3,(H,17,19). The largest absolute Gasteiger partial charge is 0.496 e. The van der Waals surface area contributed by atoms with Crippen molar-refractivity contribution >= 4 is 17.3 Å². The van der Waals surface area contributed by atoms with Crippen LogP contribution in [0.25, 0.3) is 0 Å². The molecule has 0 unspecified atom stereocenters. The molecule has 110 valence electrons. The Labute approximate surface area is 125 Å². The number of carbonyl (C=O) groups excluding carboxylic acids is 1. The first kappa shape index (κ1) is 15.0. The molecule has 0 aliphatic rings. The van der Waals surface area contributed by atoms with Crippen molar-refractivity contribution in [3.8, 4) is 11.8 Å². The van der Waals surface area contributed by atoms with E-state index in [4.69, 9.17) is 10.00 Å². The first-order valence-electron chi connectivity index (χ1n) is 6.19. The van der Waals surface area contributed by atoms with Crippen molar-refractivity contribution < 1.29 is 14.5 Å². The second kappa shape index (κ2) is 6.37. The molecule has 1 N–H and O–H groups in total. The lowest BCUT2D eigenvalue weighted by Crippen LogP contribution is -2.13. The number of carbonyl (C=O) groups is 1. The smallest absolute Gasteiger partial charge is 0.296 e. The molecule has 0 fully saturated rings. The number of anilines is 1. The lowest BCUT2D eigenvalue weighted by molar-refractivity contribution is -0.384. The summed E-state index contributed by atoms with van der Waals surface area (Å²) >= 11 is 0. The minimum atomic E-state index is -0.600. The van der Waals surface area contributed by atoms with Gasteiger partial charge in [-0.3, -0.25) is 14.9 Å². The summed E-state index contributed by atoms with van der Waals surface area (Å²) in [5.74, 6) is -0.180. The third-order valence-corrected chi connectivity index (χ3v) is 2.93. The predicted molar refractivity (Wildman–Crippen MR) is 78.8 cm³/mol. The van der Waals surface area contributed by atoms with Crippen LogP contribution in [0.1, 0.15) is 15.9 Å². The normalized spacial score (nSPS) is 9.64. The molecule has 7 heteroatoms. The zero-order valence-electron chi connectivity index (χ0n) is 11.6. The third kappa shape index (κ3) is 3.19. The third-order valence-electron chi connectivity index (χ3n) is 2.93. The van der Waals surface area contributed by atoms with Crippen molar-refractivity contribution in [2.45, 2.75) is 0 Å². The highest BCUT2D eigenvalue weighted by Gasteiger charge is 2.17. The van der Waals surface area contributed by atoms with Gasteiger partial charge in [-0.15, -0.1) is 0 Å². The number of hydrogen-bond donors (Lipinski definition) is 1. The van der Waals surface area contributed by atoms with Gasteiger partial charge in [0.05, 0.1) is 29.7 Å². The molecule has 0 radical (unpaired) electrons. The quantitative estimate of drug-likeness (QED) is 0.690. The molecule has 0 saturated heterocycles. The number of nitro benzene ring substituents is 1. The Balaban J connectivity index is 2.27. The average Bonchev–Trinajstić information content (AvgIpc) is 2.55. The molecule has 0 aliphatic heterocycles. The van der Waals surface area contributed by atoms with Crippen LogP contribution in [0.3, 0.4) is 0 Å². The van der Waals surface area contributed by atoms with Crippen molar-refractivity contribution in [1.29, 1.82) is 5.26 Å². The van der Waals surface area contributed by atoms with E-state index < -0.39 is 10.8 Å². The van der Waals surface area contributed by atoms with E-state index in [0.29, 0.717) is 16.9 Å². The zero-order chi connectivity index (χ0) is 16.1. The fraction of sp³-hybridized carbons (Fsp3) is 0.0667. The molecule has 1 amide bonds. The summed E-state index contributed by atoms with van der Waals surface area (Å²) in [5, 5.41) is 22.2. The average molecular weight is 297 g/mol. The molecule has 22 heavy (non-hydrogen) atoms. The van der Waals surface area contributed by atoms with Gasteiger partial charge in [0, 0.05) is 5.56 Å². The molecule has 2 aromatic carbocycles. The highest BCUT2D eigenvalue weighted by Crippen LogP contribution is 2.29. The van der Waals surface area contributed by atoms with E-state index in [0.717, 1.165) is 0 Å². The number of ether oxygens (including phenoxy) is 1. The zero-order valence-corrected chi connectivity index (χ0v) is 11.6. The van der Waals surface area contributed by atoms with Crippen molar-refractivity contribution in [1.82, 2.24) is 0 Å². The Bertz CT molecular complexity index is 763. The van der Waals surface area contributed by atoms with Crippen LogP contribution in [-0.4, -0.2) is 17.9 Å². The van der Waals surface area contributed by atoms with E-state index in [1.807, 2.05) is 6.07 Å². The van der Waals surface area contributed by atoms with Gasteiger partial charge in [0.25, 0.3) is 11.6 Å². The summed E-state index contributed by atoms with van der Waals surface area (Å²) in [6.45, 7) is 0. The maximum atomic E-state index is 12.1. The van der Waals surface area contributed by atoms with Crippen LogP contribution in [0.4, 0.5) is 11.4 Å². The minimum Gasteiger partial charge on any atom is -0.496 e. The number of nitrogens with zero attached hydrogens (tertiary/aromatic N) is 2. The minimum absolute atomic E-state index is 0.0696. The van der Waals surface area contributed by atoms with Gasteiger partial charge in [0.1, 0.15) is 11.4 Å². The van der Waals surface area contributed by atoms with E-state index in [1.165, 1.54) is 49.6 Å². The summed E-state index contributed by atoms with van der Waals surface area (Å²) in [6, 6.07) is 12.0. The van der Waals surface area contributed by atoms with Crippen molar-refractivity contribution in [2.24, 2.45) is 0 Å². The molecule has 0 spiro atoms. The number of benzene rings is 2. The second-order valence-electron chi connectivity index (χ2n) is 4.28. The number of nitro groups is 1. The first-order chi connectivity index (χ1) is 10.5. The summed E-state index contributed by atoms with van der Waals surface area (Å²) < 4.78 is 4.93. The van der Waals surface area contributed by atoms with Crippen molar-refractivity contribution in [3.05, 3.63) is 63.7 Å². The molecule has 0 aromatic heterocycles. The molecular formula is C15H11N3O4. The molecule has 7 nitrogen and oxygen atoms in total. The van der Waals surface area contributed by atoms with Crippen LogP contribution in [-0.2, 0) is 0 Å². The fourth-order valence-electron chi connectivity index (χ4n) is 1.79. The van der Waals surface area contributed by atoms with Gasteiger partial charge in [0.2, 0.25) is 0 Å². The van der Waals surface area contributed by atoms with Gasteiger partial charge < -0.3 is 10.1 Å². The monoisotopic (exact) mass is 297 g/mol.